The monoisotopic (exact) mass is 286 g/mol. The standard InChI is InChI=1S/C17H19FN2O/c1-3-19-11-13-5-8-15(9-6-13)20-17(21)14-7-4-12(2)16(18)10-14/h4-10,19H,3,11H2,1-2H3,(H,20,21). The first-order chi connectivity index (χ1) is 10.1. The Bertz CT molecular complexity index is 623. The second kappa shape index (κ2) is 6.99. The average molecular weight is 286 g/mol. The second-order valence-corrected chi connectivity index (χ2v) is 4.90. The summed E-state index contributed by atoms with van der Waals surface area (Å²) in [6, 6.07) is 12.1. The molecule has 1 amide bonds. The van der Waals surface area contributed by atoms with Crippen molar-refractivity contribution in [3.05, 3.63) is 65.0 Å². The van der Waals surface area contributed by atoms with Gasteiger partial charge in [0, 0.05) is 17.8 Å². The third-order valence-corrected chi connectivity index (χ3v) is 3.22. The number of nitrogens with one attached hydrogen (secondary N) is 2. The average Bonchev–Trinajstić information content (AvgIpc) is 2.49. The van der Waals surface area contributed by atoms with Gasteiger partial charge in [0.15, 0.2) is 0 Å². The minimum Gasteiger partial charge on any atom is -0.322 e. The summed E-state index contributed by atoms with van der Waals surface area (Å²) >= 11 is 0. The van der Waals surface area contributed by atoms with E-state index >= 15 is 0 Å². The lowest BCUT2D eigenvalue weighted by molar-refractivity contribution is 0.102. The van der Waals surface area contributed by atoms with Crippen molar-refractivity contribution in [3.63, 3.8) is 0 Å². The van der Waals surface area contributed by atoms with Crippen LogP contribution < -0.4 is 10.6 Å². The SMILES string of the molecule is CCNCc1ccc(NC(=O)c2ccc(C)c(F)c2)cc1. The maximum Gasteiger partial charge on any atom is 0.255 e. The van der Waals surface area contributed by atoms with Gasteiger partial charge < -0.3 is 10.6 Å². The molecule has 0 unspecified atom stereocenters. The number of aryl methyl sites for hydroxylation is 1. The molecule has 0 saturated carbocycles. The van der Waals surface area contributed by atoms with E-state index in [9.17, 15) is 9.18 Å². The topological polar surface area (TPSA) is 41.1 Å². The van der Waals surface area contributed by atoms with Crippen LogP contribution in [-0.2, 0) is 6.54 Å². The minimum atomic E-state index is -0.372. The number of carbonyl (C=O) groups is 1. The first-order valence-corrected chi connectivity index (χ1v) is 6.97. The van der Waals surface area contributed by atoms with Crippen molar-refractivity contribution in [1.29, 1.82) is 0 Å². The predicted octanol–water partition coefficient (Wildman–Crippen LogP) is 3.50. The lowest BCUT2D eigenvalue weighted by atomic mass is 10.1. The van der Waals surface area contributed by atoms with E-state index in [1.807, 2.05) is 24.3 Å². The van der Waals surface area contributed by atoms with Crippen molar-refractivity contribution in [2.75, 3.05) is 11.9 Å². The summed E-state index contributed by atoms with van der Waals surface area (Å²) in [6.45, 7) is 5.43. The van der Waals surface area contributed by atoms with Crippen LogP contribution >= 0.6 is 0 Å². The number of anilines is 1. The molecule has 0 aliphatic rings. The zero-order valence-electron chi connectivity index (χ0n) is 12.2. The molecule has 0 aromatic heterocycles. The van der Waals surface area contributed by atoms with Crippen molar-refractivity contribution in [2.24, 2.45) is 0 Å². The summed E-state index contributed by atoms with van der Waals surface area (Å²) in [5.41, 5.74) is 2.69. The van der Waals surface area contributed by atoms with Gasteiger partial charge in [0.1, 0.15) is 5.82 Å². The van der Waals surface area contributed by atoms with E-state index in [1.54, 1.807) is 19.1 Å². The molecule has 0 atom stereocenters. The van der Waals surface area contributed by atoms with Gasteiger partial charge in [-0.1, -0.05) is 25.1 Å². The van der Waals surface area contributed by atoms with Gasteiger partial charge >= 0.3 is 0 Å². The molecule has 2 N–H and O–H groups in total. The Hall–Kier alpha value is -2.20. The van der Waals surface area contributed by atoms with Crippen LogP contribution in [0.1, 0.15) is 28.4 Å². The lowest BCUT2D eigenvalue weighted by Crippen LogP contribution is -2.13. The summed E-state index contributed by atoms with van der Waals surface area (Å²) in [6.07, 6.45) is 0. The van der Waals surface area contributed by atoms with Gasteiger partial charge in [-0.2, -0.15) is 0 Å². The Morgan fingerprint density at radius 2 is 1.86 bits per heavy atom. The summed E-state index contributed by atoms with van der Waals surface area (Å²) in [5.74, 6) is -0.683. The molecule has 2 aromatic rings. The Balaban J connectivity index is 2.03. The van der Waals surface area contributed by atoms with Gasteiger partial charge in [-0.05, 0) is 48.9 Å². The van der Waals surface area contributed by atoms with Gasteiger partial charge in [0.2, 0.25) is 0 Å². The molecule has 0 aliphatic carbocycles. The summed E-state index contributed by atoms with van der Waals surface area (Å²) in [5, 5.41) is 6.00. The fourth-order valence-corrected chi connectivity index (χ4v) is 1.91. The molecule has 4 heteroatoms. The fraction of sp³-hybridized carbons (Fsp3) is 0.235. The van der Waals surface area contributed by atoms with Gasteiger partial charge in [-0.15, -0.1) is 0 Å². The summed E-state index contributed by atoms with van der Waals surface area (Å²) < 4.78 is 13.5. The Labute approximate surface area is 124 Å². The third kappa shape index (κ3) is 4.13. The van der Waals surface area contributed by atoms with Crippen molar-refractivity contribution in [3.8, 4) is 0 Å². The zero-order valence-corrected chi connectivity index (χ0v) is 12.2. The highest BCUT2D eigenvalue weighted by atomic mass is 19.1. The summed E-state index contributed by atoms with van der Waals surface area (Å²) in [7, 11) is 0. The van der Waals surface area contributed by atoms with E-state index in [2.05, 4.69) is 17.6 Å². The number of halogens is 1. The highest BCUT2D eigenvalue weighted by Crippen LogP contribution is 2.13. The molecule has 3 nitrogen and oxygen atoms in total. The highest BCUT2D eigenvalue weighted by molar-refractivity contribution is 6.04. The molecule has 0 heterocycles. The van der Waals surface area contributed by atoms with Crippen LogP contribution in [0.2, 0.25) is 0 Å². The number of amides is 1. The van der Waals surface area contributed by atoms with Crippen molar-refractivity contribution < 1.29 is 9.18 Å². The van der Waals surface area contributed by atoms with E-state index in [0.717, 1.165) is 18.7 Å². The molecule has 0 spiro atoms. The molecule has 0 aliphatic heterocycles. The molecule has 0 radical (unpaired) electrons. The maximum atomic E-state index is 13.5. The number of hydrogen-bond acceptors (Lipinski definition) is 2. The van der Waals surface area contributed by atoms with Gasteiger partial charge in [-0.25, -0.2) is 4.39 Å². The predicted molar refractivity (Wildman–Crippen MR) is 82.9 cm³/mol. The zero-order chi connectivity index (χ0) is 15.2. The van der Waals surface area contributed by atoms with Gasteiger partial charge in [0.05, 0.1) is 0 Å². The molecule has 21 heavy (non-hydrogen) atoms. The molecular formula is C17H19FN2O. The Kier molecular flexibility index (Phi) is 5.06. The van der Waals surface area contributed by atoms with Gasteiger partial charge in [0.25, 0.3) is 5.91 Å². The van der Waals surface area contributed by atoms with Crippen molar-refractivity contribution >= 4 is 11.6 Å². The molecule has 0 saturated heterocycles. The molecule has 2 aromatic carbocycles. The maximum absolute atomic E-state index is 13.5. The van der Waals surface area contributed by atoms with Crippen LogP contribution in [0.25, 0.3) is 0 Å². The van der Waals surface area contributed by atoms with E-state index in [4.69, 9.17) is 0 Å². The van der Waals surface area contributed by atoms with Gasteiger partial charge in [-0.3, -0.25) is 4.79 Å². The van der Waals surface area contributed by atoms with E-state index < -0.39 is 0 Å². The van der Waals surface area contributed by atoms with Crippen LogP contribution in [0.5, 0.6) is 0 Å². The molecule has 110 valence electrons. The summed E-state index contributed by atoms with van der Waals surface area (Å²) in [4.78, 5) is 12.0. The third-order valence-electron chi connectivity index (χ3n) is 3.22. The largest absolute Gasteiger partial charge is 0.322 e. The van der Waals surface area contributed by atoms with Crippen molar-refractivity contribution in [2.45, 2.75) is 20.4 Å². The first-order valence-electron chi connectivity index (χ1n) is 6.97. The molecule has 0 fully saturated rings. The Morgan fingerprint density at radius 3 is 2.48 bits per heavy atom. The van der Waals surface area contributed by atoms with E-state index in [0.29, 0.717) is 16.8 Å². The molecular weight excluding hydrogens is 267 g/mol. The lowest BCUT2D eigenvalue weighted by Gasteiger charge is -2.07. The molecule has 0 bridgehead atoms. The number of rotatable bonds is 5. The van der Waals surface area contributed by atoms with E-state index in [-0.39, 0.29) is 11.7 Å². The number of benzene rings is 2. The number of hydrogen-bond donors (Lipinski definition) is 2. The van der Waals surface area contributed by atoms with Crippen LogP contribution in [0.4, 0.5) is 10.1 Å². The fourth-order valence-electron chi connectivity index (χ4n) is 1.91. The van der Waals surface area contributed by atoms with Crippen LogP contribution in [0.3, 0.4) is 0 Å². The van der Waals surface area contributed by atoms with Crippen LogP contribution in [0, 0.1) is 12.7 Å². The highest BCUT2D eigenvalue weighted by Gasteiger charge is 2.08. The quantitative estimate of drug-likeness (QED) is 0.883. The second-order valence-electron chi connectivity index (χ2n) is 4.90. The van der Waals surface area contributed by atoms with Crippen LogP contribution in [-0.4, -0.2) is 12.5 Å². The van der Waals surface area contributed by atoms with Crippen molar-refractivity contribution in [1.82, 2.24) is 5.32 Å². The van der Waals surface area contributed by atoms with Crippen LogP contribution in [0.15, 0.2) is 42.5 Å². The Morgan fingerprint density at radius 1 is 1.14 bits per heavy atom. The first kappa shape index (κ1) is 15.2. The molecule has 2 rings (SSSR count). The smallest absolute Gasteiger partial charge is 0.255 e. The number of carbonyl (C=O) groups excluding carboxylic acids is 1. The minimum absolute atomic E-state index is 0.312. The normalized spacial score (nSPS) is 10.4. The van der Waals surface area contributed by atoms with E-state index in [1.165, 1.54) is 6.07 Å².